The van der Waals surface area contributed by atoms with Crippen molar-refractivity contribution in [3.05, 3.63) is 24.3 Å². The van der Waals surface area contributed by atoms with E-state index in [0.29, 0.717) is 38.6 Å². The Balaban J connectivity index is 4.28. The summed E-state index contributed by atoms with van der Waals surface area (Å²) in [6, 6.07) is -0.868. The topological polar surface area (TPSA) is 119 Å². The zero-order valence-electron chi connectivity index (χ0n) is 27.8. The van der Waals surface area contributed by atoms with Crippen LogP contribution in [0.1, 0.15) is 168 Å². The van der Waals surface area contributed by atoms with Crippen molar-refractivity contribution >= 4 is 17.8 Å². The van der Waals surface area contributed by atoms with Gasteiger partial charge in [0.05, 0.1) is 0 Å². The van der Waals surface area contributed by atoms with E-state index in [-0.39, 0.29) is 18.0 Å². The summed E-state index contributed by atoms with van der Waals surface area (Å²) in [6.07, 6.45) is 32.3. The molecule has 0 aliphatic heterocycles. The zero-order valence-corrected chi connectivity index (χ0v) is 27.8. The lowest BCUT2D eigenvalue weighted by Crippen LogP contribution is -2.40. The van der Waals surface area contributed by atoms with Gasteiger partial charge in [-0.15, -0.1) is 0 Å². The Morgan fingerprint density at radius 3 is 1.86 bits per heavy atom. The van der Waals surface area contributed by atoms with E-state index in [1.165, 1.54) is 64.2 Å². The SMILES string of the molecule is CCCCC/C=C\CCCCCCCC(=O)OC(/C=C\CCCCCC)CCCCCCC(=O)NC(CCCN)C(=O)O. The molecule has 0 radical (unpaired) electrons. The molecule has 7 heteroatoms. The molecule has 0 saturated carbocycles. The third-order valence-corrected chi connectivity index (χ3v) is 7.72. The Morgan fingerprint density at radius 1 is 0.674 bits per heavy atom. The van der Waals surface area contributed by atoms with Crippen molar-refractivity contribution < 1.29 is 24.2 Å². The van der Waals surface area contributed by atoms with E-state index in [0.717, 1.165) is 57.8 Å². The van der Waals surface area contributed by atoms with E-state index >= 15 is 0 Å². The van der Waals surface area contributed by atoms with E-state index in [1.807, 2.05) is 0 Å². The molecule has 0 spiro atoms. The van der Waals surface area contributed by atoms with Crippen LogP contribution in [0.4, 0.5) is 0 Å². The Bertz CT molecular complexity index is 737. The highest BCUT2D eigenvalue weighted by atomic mass is 16.5. The minimum absolute atomic E-state index is 0.102. The lowest BCUT2D eigenvalue weighted by molar-refractivity contribution is -0.147. The van der Waals surface area contributed by atoms with Gasteiger partial charge in [-0.1, -0.05) is 96.3 Å². The minimum Gasteiger partial charge on any atom is -0.480 e. The molecule has 0 aromatic carbocycles. The van der Waals surface area contributed by atoms with Gasteiger partial charge in [-0.3, -0.25) is 9.59 Å². The van der Waals surface area contributed by atoms with Gasteiger partial charge in [0.15, 0.2) is 0 Å². The maximum Gasteiger partial charge on any atom is 0.326 e. The number of hydrogen-bond acceptors (Lipinski definition) is 5. The number of unbranched alkanes of at least 4 members (excludes halogenated alkanes) is 15. The molecule has 0 fully saturated rings. The maximum absolute atomic E-state index is 12.6. The average Bonchev–Trinajstić information content (AvgIpc) is 2.98. The second-order valence-electron chi connectivity index (χ2n) is 11.9. The number of nitrogens with one attached hydrogen (secondary N) is 1. The van der Waals surface area contributed by atoms with Crippen LogP contribution in [-0.2, 0) is 19.1 Å². The van der Waals surface area contributed by atoms with Gasteiger partial charge in [0.25, 0.3) is 0 Å². The number of esters is 1. The lowest BCUT2D eigenvalue weighted by Gasteiger charge is -2.15. The van der Waals surface area contributed by atoms with E-state index in [9.17, 15) is 19.5 Å². The number of nitrogens with two attached hydrogens (primary N) is 1. The summed E-state index contributed by atoms with van der Waals surface area (Å²) in [7, 11) is 0. The first kappa shape index (κ1) is 40.9. The molecule has 0 saturated heterocycles. The molecule has 0 aliphatic rings. The van der Waals surface area contributed by atoms with Gasteiger partial charge in [0.2, 0.25) is 5.91 Å². The second kappa shape index (κ2) is 31.3. The molecule has 0 aromatic heterocycles. The van der Waals surface area contributed by atoms with Crippen LogP contribution < -0.4 is 11.1 Å². The highest BCUT2D eigenvalue weighted by Crippen LogP contribution is 2.15. The molecule has 0 rings (SSSR count). The van der Waals surface area contributed by atoms with Crippen LogP contribution in [0.5, 0.6) is 0 Å². The van der Waals surface area contributed by atoms with Crippen LogP contribution in [0, 0.1) is 0 Å². The number of carbonyl (C=O) groups is 3. The smallest absolute Gasteiger partial charge is 0.326 e. The van der Waals surface area contributed by atoms with Crippen LogP contribution in [0.25, 0.3) is 0 Å². The predicted octanol–water partition coefficient (Wildman–Crippen LogP) is 8.94. The minimum atomic E-state index is -1.02. The largest absolute Gasteiger partial charge is 0.480 e. The van der Waals surface area contributed by atoms with Crippen LogP contribution in [0.2, 0.25) is 0 Å². The van der Waals surface area contributed by atoms with Crippen molar-refractivity contribution in [1.82, 2.24) is 5.32 Å². The highest BCUT2D eigenvalue weighted by molar-refractivity contribution is 5.83. The fourth-order valence-corrected chi connectivity index (χ4v) is 5.00. The molecule has 0 aliphatic carbocycles. The van der Waals surface area contributed by atoms with Crippen LogP contribution in [-0.4, -0.2) is 41.6 Å². The van der Waals surface area contributed by atoms with E-state index in [1.54, 1.807) is 0 Å². The molecule has 43 heavy (non-hydrogen) atoms. The summed E-state index contributed by atoms with van der Waals surface area (Å²) in [4.78, 5) is 36.0. The Morgan fingerprint density at radius 2 is 1.21 bits per heavy atom. The molecule has 1 amide bonds. The zero-order chi connectivity index (χ0) is 31.8. The first-order chi connectivity index (χ1) is 20.9. The summed E-state index contributed by atoms with van der Waals surface area (Å²) < 4.78 is 5.86. The van der Waals surface area contributed by atoms with Crippen molar-refractivity contribution in [1.29, 1.82) is 0 Å². The van der Waals surface area contributed by atoms with Crippen molar-refractivity contribution in [2.45, 2.75) is 180 Å². The van der Waals surface area contributed by atoms with Crippen LogP contribution >= 0.6 is 0 Å². The maximum atomic E-state index is 12.6. The van der Waals surface area contributed by atoms with Gasteiger partial charge in [-0.2, -0.15) is 0 Å². The molecule has 250 valence electrons. The number of ether oxygens (including phenoxy) is 1. The fraction of sp³-hybridized carbons (Fsp3) is 0.806. The Kier molecular flexibility index (Phi) is 29.7. The van der Waals surface area contributed by atoms with Crippen molar-refractivity contribution in [3.63, 3.8) is 0 Å². The fourth-order valence-electron chi connectivity index (χ4n) is 5.00. The van der Waals surface area contributed by atoms with Crippen LogP contribution in [0.15, 0.2) is 24.3 Å². The van der Waals surface area contributed by atoms with Gasteiger partial charge in [0, 0.05) is 12.8 Å². The van der Waals surface area contributed by atoms with Gasteiger partial charge in [-0.25, -0.2) is 4.79 Å². The number of aliphatic carboxylic acids is 1. The lowest BCUT2D eigenvalue weighted by atomic mass is 10.1. The van der Waals surface area contributed by atoms with Gasteiger partial charge in [0.1, 0.15) is 12.1 Å². The van der Waals surface area contributed by atoms with Crippen molar-refractivity contribution in [3.8, 4) is 0 Å². The second-order valence-corrected chi connectivity index (χ2v) is 11.9. The molecule has 2 unspecified atom stereocenters. The molecule has 0 aromatic rings. The molecular weight excluding hydrogens is 540 g/mol. The Labute approximate surface area is 263 Å². The van der Waals surface area contributed by atoms with E-state index < -0.39 is 12.0 Å². The van der Waals surface area contributed by atoms with E-state index in [4.69, 9.17) is 10.5 Å². The average molecular weight is 607 g/mol. The molecular formula is C36H66N2O5. The van der Waals surface area contributed by atoms with Gasteiger partial charge in [-0.05, 0) is 89.7 Å². The van der Waals surface area contributed by atoms with Crippen LogP contribution in [0.3, 0.4) is 0 Å². The normalized spacial score (nSPS) is 13.0. The number of rotatable bonds is 31. The summed E-state index contributed by atoms with van der Waals surface area (Å²) in [5, 5.41) is 11.9. The van der Waals surface area contributed by atoms with Crippen molar-refractivity contribution in [2.75, 3.05) is 6.54 Å². The standard InChI is InChI=1S/C36H66N2O5/c1-3-5-7-9-11-12-13-14-15-16-18-24-30-35(40)43-32(26-21-17-10-8-6-4-2)27-22-19-20-23-29-34(39)38-33(36(41)42)28-25-31-37/h11-12,21,26,32-33H,3-10,13-20,22-25,27-31,37H2,1-2H3,(H,38,39)(H,41,42)/b12-11-,26-21-. The predicted molar refractivity (Wildman–Crippen MR) is 179 cm³/mol. The first-order valence-corrected chi connectivity index (χ1v) is 17.7. The van der Waals surface area contributed by atoms with Gasteiger partial charge >= 0.3 is 11.9 Å². The number of carboxylic acids is 1. The summed E-state index contributed by atoms with van der Waals surface area (Å²) in [5.41, 5.74) is 5.46. The molecule has 7 nitrogen and oxygen atoms in total. The molecule has 2 atom stereocenters. The number of allylic oxidation sites excluding steroid dienone is 3. The molecule has 4 N–H and O–H groups in total. The summed E-state index contributed by atoms with van der Waals surface area (Å²) in [5.74, 6) is -1.34. The highest BCUT2D eigenvalue weighted by Gasteiger charge is 2.18. The number of carbonyl (C=O) groups excluding carboxylic acids is 2. The quantitative estimate of drug-likeness (QED) is 0.0412. The summed E-state index contributed by atoms with van der Waals surface area (Å²) in [6.45, 7) is 4.85. The van der Waals surface area contributed by atoms with E-state index in [2.05, 4.69) is 43.5 Å². The summed E-state index contributed by atoms with van der Waals surface area (Å²) >= 11 is 0. The Hall–Kier alpha value is -2.15. The van der Waals surface area contributed by atoms with Gasteiger partial charge < -0.3 is 20.9 Å². The molecule has 0 bridgehead atoms. The van der Waals surface area contributed by atoms with Crippen molar-refractivity contribution in [2.24, 2.45) is 5.73 Å². The monoisotopic (exact) mass is 606 g/mol. The number of amides is 1. The molecule has 0 heterocycles. The third-order valence-electron chi connectivity index (χ3n) is 7.72. The number of hydrogen-bond donors (Lipinski definition) is 3. The number of carboxylic acid groups (broad SMARTS) is 1. The first-order valence-electron chi connectivity index (χ1n) is 17.7. The third kappa shape index (κ3) is 28.4.